The number of nitrogens with zero attached hydrogens (tertiary/aromatic N) is 4. The highest BCUT2D eigenvalue weighted by Crippen LogP contribution is 2.58. The van der Waals surface area contributed by atoms with Gasteiger partial charge in [0.1, 0.15) is 6.07 Å². The van der Waals surface area contributed by atoms with E-state index in [-0.39, 0.29) is 0 Å². The molecule has 4 heterocycles. The minimum atomic E-state index is 0.413. The Morgan fingerprint density at radius 2 is 0.762 bits per heavy atom. The molecule has 0 atom stereocenters. The largest absolute Gasteiger partial charge is 0.318 e. The second-order valence-corrected chi connectivity index (χ2v) is 22.8. The third-order valence-corrected chi connectivity index (χ3v) is 19.1. The number of hydrogen-bond donors (Lipinski definition) is 0. The van der Waals surface area contributed by atoms with Gasteiger partial charge in [0.15, 0.2) is 0 Å². The van der Waals surface area contributed by atoms with Crippen LogP contribution >= 0.6 is 22.7 Å². The van der Waals surface area contributed by atoms with Crippen LogP contribution in [-0.2, 0) is 0 Å². The molecule has 0 aliphatic rings. The van der Waals surface area contributed by atoms with E-state index in [0.717, 1.165) is 125 Å². The molecule has 17 aromatic rings. The summed E-state index contributed by atoms with van der Waals surface area (Å²) in [6.07, 6.45) is 0. The van der Waals surface area contributed by atoms with Crippen molar-refractivity contribution in [3.05, 3.63) is 260 Å². The smallest absolute Gasteiger partial charge is 0.220 e. The van der Waals surface area contributed by atoms with Gasteiger partial charge < -0.3 is 9.13 Å². The Bertz CT molecular complexity index is 5280. The summed E-state index contributed by atoms with van der Waals surface area (Å²) >= 11 is 3.62. The van der Waals surface area contributed by atoms with Crippen LogP contribution in [0, 0.1) is 17.9 Å². The predicted octanol–water partition coefficient (Wildman–Crippen LogP) is 21.5. The lowest BCUT2D eigenvalue weighted by atomic mass is 9.88. The van der Waals surface area contributed by atoms with Gasteiger partial charge in [0.05, 0.1) is 55.0 Å². The van der Waals surface area contributed by atoms with Gasteiger partial charge in [0.2, 0.25) is 5.69 Å². The van der Waals surface area contributed by atoms with E-state index in [0.29, 0.717) is 16.8 Å². The highest BCUT2D eigenvalue weighted by molar-refractivity contribution is 7.27. The summed E-state index contributed by atoms with van der Waals surface area (Å²) < 4.78 is 9.51. The van der Waals surface area contributed by atoms with E-state index in [1.54, 1.807) is 0 Å². The van der Waals surface area contributed by atoms with Crippen LogP contribution in [0.15, 0.2) is 243 Å². The molecular weight excluding hydrogens is 1010 g/mol. The lowest BCUT2D eigenvalue weighted by Crippen LogP contribution is -2.09. The van der Waals surface area contributed by atoms with Crippen LogP contribution < -0.4 is 0 Å². The standard InChI is InChI=1S/C74H40N4S2/c1-76-68-62(45-26-10-4-11-27-45)57(42-75)69(63(46-28-12-5-13-29-46)70(68)77-58-36-20-34-51-47-30-14-15-31-48(47)52-35-21-37-59(77)65(52)64(51)58)78-71-66(53(43-22-6-2-7-23-43)40-55-49-32-16-18-38-60(49)79-73(55)71)67-54(44-24-8-3-9-25-44)41-56-50-33-17-19-39-61(50)80-74(56)72(67)78/h2-41H. The molecule has 80 heavy (non-hydrogen) atoms. The van der Waals surface area contributed by atoms with Crippen LogP contribution in [0.1, 0.15) is 5.56 Å². The summed E-state index contributed by atoms with van der Waals surface area (Å²) in [5.74, 6) is 0. The quantitative estimate of drug-likeness (QED) is 0.121. The number of rotatable bonds is 6. The first-order chi connectivity index (χ1) is 39.7. The molecule has 13 aromatic carbocycles. The Morgan fingerprint density at radius 3 is 1.21 bits per heavy atom. The molecule has 368 valence electrons. The van der Waals surface area contributed by atoms with Gasteiger partial charge in [-0.3, -0.25) is 0 Å². The van der Waals surface area contributed by atoms with Crippen LogP contribution in [0.2, 0.25) is 0 Å². The lowest BCUT2D eigenvalue weighted by Gasteiger charge is -2.26. The van der Waals surface area contributed by atoms with Crippen molar-refractivity contribution in [2.45, 2.75) is 0 Å². The number of thiophene rings is 2. The first-order valence-corrected chi connectivity index (χ1v) is 28.5. The summed E-state index contributed by atoms with van der Waals surface area (Å²) in [4.78, 5) is 4.70. The van der Waals surface area contributed by atoms with Crippen LogP contribution in [-0.4, -0.2) is 9.13 Å². The fraction of sp³-hybridized carbons (Fsp3) is 0. The molecule has 0 unspecified atom stereocenters. The maximum atomic E-state index is 12.6. The first kappa shape index (κ1) is 44.8. The maximum Gasteiger partial charge on any atom is 0.220 e. The van der Waals surface area contributed by atoms with Gasteiger partial charge >= 0.3 is 0 Å². The van der Waals surface area contributed by atoms with Crippen molar-refractivity contribution in [1.82, 2.24) is 9.13 Å². The van der Waals surface area contributed by atoms with E-state index in [4.69, 9.17) is 4.85 Å². The fourth-order valence-electron chi connectivity index (χ4n) is 13.5. The van der Waals surface area contributed by atoms with E-state index in [9.17, 15) is 11.8 Å². The zero-order valence-electron chi connectivity index (χ0n) is 42.7. The van der Waals surface area contributed by atoms with Crippen molar-refractivity contribution in [3.63, 3.8) is 0 Å². The van der Waals surface area contributed by atoms with Crippen molar-refractivity contribution in [2.24, 2.45) is 0 Å². The molecule has 0 fully saturated rings. The Labute approximate surface area is 466 Å². The van der Waals surface area contributed by atoms with Gasteiger partial charge in [-0.15, -0.1) is 22.7 Å². The van der Waals surface area contributed by atoms with E-state index in [1.807, 2.05) is 40.9 Å². The zero-order valence-corrected chi connectivity index (χ0v) is 44.3. The topological polar surface area (TPSA) is 38.0 Å². The molecule has 0 aliphatic heterocycles. The van der Waals surface area contributed by atoms with E-state index in [2.05, 4.69) is 240 Å². The molecule has 0 N–H and O–H groups in total. The lowest BCUT2D eigenvalue weighted by molar-refractivity contribution is 1.14. The molecular formula is C74H40N4S2. The molecule has 4 nitrogen and oxygen atoms in total. The van der Waals surface area contributed by atoms with Gasteiger partial charge in [-0.05, 0) is 91.3 Å². The minimum absolute atomic E-state index is 0.413. The highest BCUT2D eigenvalue weighted by atomic mass is 32.1. The molecule has 0 saturated heterocycles. The van der Waals surface area contributed by atoms with E-state index >= 15 is 0 Å². The molecule has 6 heteroatoms. The van der Waals surface area contributed by atoms with Gasteiger partial charge in [-0.1, -0.05) is 206 Å². The Morgan fingerprint density at radius 1 is 0.362 bits per heavy atom. The van der Waals surface area contributed by atoms with Gasteiger partial charge in [0.25, 0.3) is 0 Å². The molecule has 0 radical (unpaired) electrons. The highest BCUT2D eigenvalue weighted by Gasteiger charge is 2.35. The molecule has 4 aromatic heterocycles. The molecule has 0 spiro atoms. The Kier molecular flexibility index (Phi) is 9.55. The fourth-order valence-corrected chi connectivity index (χ4v) is 16.0. The second kappa shape index (κ2) is 17.1. The normalized spacial score (nSPS) is 12.0. The van der Waals surface area contributed by atoms with Crippen LogP contribution in [0.3, 0.4) is 0 Å². The van der Waals surface area contributed by atoms with Crippen LogP contribution in [0.5, 0.6) is 0 Å². The summed E-state index contributed by atoms with van der Waals surface area (Å²) in [5, 5.41) is 26.5. The van der Waals surface area contributed by atoms with Crippen molar-refractivity contribution >= 4 is 134 Å². The SMILES string of the molecule is [C-]#[N+]c1c(-c2ccccc2)c(C#N)c(-n2c3c4sc5ccccc5c4cc(-c4ccccc4)c3c3c(-c4ccccc4)cc4c5ccccc5sc4c32)c(-c2ccccc2)c1-n1c2cccc3c4ccccc4c4cccc1c4c32. The summed E-state index contributed by atoms with van der Waals surface area (Å²) in [7, 11) is 0. The average Bonchev–Trinajstić information content (AvgIpc) is 3.90. The Balaban J connectivity index is 1.22. The monoisotopic (exact) mass is 1050 g/mol. The molecule has 0 saturated carbocycles. The maximum absolute atomic E-state index is 12.6. The molecule has 0 aliphatic carbocycles. The second-order valence-electron chi connectivity index (χ2n) is 20.7. The average molecular weight is 1050 g/mol. The third kappa shape index (κ3) is 6.06. The molecule has 0 bridgehead atoms. The zero-order chi connectivity index (χ0) is 52.7. The van der Waals surface area contributed by atoms with Crippen molar-refractivity contribution in [2.75, 3.05) is 0 Å². The van der Waals surface area contributed by atoms with Gasteiger partial charge in [-0.25, -0.2) is 4.85 Å². The molecule has 17 rings (SSSR count). The number of benzene rings is 13. The van der Waals surface area contributed by atoms with Crippen LogP contribution in [0.4, 0.5) is 5.69 Å². The van der Waals surface area contributed by atoms with Crippen molar-refractivity contribution in [3.8, 4) is 62.0 Å². The summed E-state index contributed by atoms with van der Waals surface area (Å²) in [6, 6.07) is 89.7. The minimum Gasteiger partial charge on any atom is -0.318 e. The van der Waals surface area contributed by atoms with E-state index in [1.165, 1.54) is 30.9 Å². The number of nitriles is 1. The predicted molar refractivity (Wildman–Crippen MR) is 340 cm³/mol. The Hall–Kier alpha value is -10.3. The molecule has 0 amide bonds. The first-order valence-electron chi connectivity index (χ1n) is 26.8. The number of aromatic nitrogens is 2. The van der Waals surface area contributed by atoms with E-state index < -0.39 is 0 Å². The third-order valence-electron chi connectivity index (χ3n) is 16.7. The van der Waals surface area contributed by atoms with Gasteiger partial charge in [-0.2, -0.15) is 5.26 Å². The van der Waals surface area contributed by atoms with Gasteiger partial charge in [0, 0.05) is 63.6 Å². The summed E-state index contributed by atoms with van der Waals surface area (Å²) in [6.45, 7) is 9.62. The van der Waals surface area contributed by atoms with Crippen molar-refractivity contribution < 1.29 is 0 Å². The summed E-state index contributed by atoms with van der Waals surface area (Å²) in [5.41, 5.74) is 13.9. The number of fused-ring (bicyclic) bond motifs is 14. The number of hydrogen-bond acceptors (Lipinski definition) is 3. The van der Waals surface area contributed by atoms with Crippen LogP contribution in [0.25, 0.3) is 166 Å². The van der Waals surface area contributed by atoms with Crippen molar-refractivity contribution in [1.29, 1.82) is 5.26 Å².